The van der Waals surface area contributed by atoms with Gasteiger partial charge in [-0.25, -0.2) is 4.98 Å². The number of thioether (sulfide) groups is 1. The van der Waals surface area contributed by atoms with Crippen LogP contribution in [0.15, 0.2) is 70.6 Å². The first kappa shape index (κ1) is 28.3. The Bertz CT molecular complexity index is 1560. The van der Waals surface area contributed by atoms with Crippen molar-refractivity contribution >= 4 is 45.9 Å². The maximum atomic E-state index is 13.6. The van der Waals surface area contributed by atoms with E-state index in [1.165, 1.54) is 37.0 Å². The van der Waals surface area contributed by atoms with Crippen molar-refractivity contribution in [3.05, 3.63) is 87.2 Å². The van der Waals surface area contributed by atoms with Crippen LogP contribution in [0.4, 0.5) is 18.9 Å². The standard InChI is InChI=1S/C27H23ClF3N3O4S/c1-37-22-13-18-21(14-23(22)38-2)33-26(39-15-24(35)32-20-6-4-3-5-19(20)28)34(25(18)36)12-11-16-7-9-17(10-8-16)27(29,30)31/h3-10,13-14H,11-12,15H2,1-2H3,(H,32,35). The average Bonchev–Trinajstić information content (AvgIpc) is 2.91. The third-order valence-corrected chi connectivity index (χ3v) is 7.12. The molecule has 0 spiro atoms. The molecule has 4 rings (SSSR count). The maximum Gasteiger partial charge on any atom is 0.416 e. The number of methoxy groups -OCH3 is 2. The second-order valence-corrected chi connectivity index (χ2v) is 9.69. The molecule has 39 heavy (non-hydrogen) atoms. The van der Waals surface area contributed by atoms with Gasteiger partial charge in [-0.1, -0.05) is 47.6 Å². The summed E-state index contributed by atoms with van der Waals surface area (Å²) in [6.45, 7) is 0.121. The van der Waals surface area contributed by atoms with E-state index in [2.05, 4.69) is 10.3 Å². The van der Waals surface area contributed by atoms with Crippen LogP contribution in [0.5, 0.6) is 11.5 Å². The predicted molar refractivity (Wildman–Crippen MR) is 145 cm³/mol. The molecule has 0 bridgehead atoms. The number of ether oxygens (including phenoxy) is 2. The first-order valence-electron chi connectivity index (χ1n) is 11.6. The van der Waals surface area contributed by atoms with Gasteiger partial charge in [-0.3, -0.25) is 14.2 Å². The van der Waals surface area contributed by atoms with Crippen LogP contribution >= 0.6 is 23.4 Å². The minimum absolute atomic E-state index is 0.0727. The molecule has 0 saturated carbocycles. The summed E-state index contributed by atoms with van der Waals surface area (Å²) >= 11 is 7.17. The number of anilines is 1. The Balaban J connectivity index is 1.65. The summed E-state index contributed by atoms with van der Waals surface area (Å²) in [4.78, 5) is 30.8. The Kier molecular flexibility index (Phi) is 8.71. The third kappa shape index (κ3) is 6.66. The van der Waals surface area contributed by atoms with Gasteiger partial charge in [0.05, 0.1) is 47.1 Å². The van der Waals surface area contributed by atoms with Crippen LogP contribution in [0.1, 0.15) is 11.1 Å². The Hall–Kier alpha value is -3.70. The van der Waals surface area contributed by atoms with E-state index in [4.69, 9.17) is 21.1 Å². The van der Waals surface area contributed by atoms with Gasteiger partial charge in [0.2, 0.25) is 5.91 Å². The number of alkyl halides is 3. The number of fused-ring (bicyclic) bond motifs is 1. The average molecular weight is 578 g/mol. The van der Waals surface area contributed by atoms with Gasteiger partial charge < -0.3 is 14.8 Å². The Morgan fingerprint density at radius 2 is 1.72 bits per heavy atom. The fourth-order valence-electron chi connectivity index (χ4n) is 3.82. The first-order chi connectivity index (χ1) is 18.6. The van der Waals surface area contributed by atoms with E-state index in [9.17, 15) is 22.8 Å². The number of rotatable bonds is 9. The van der Waals surface area contributed by atoms with Crippen molar-refractivity contribution in [1.29, 1.82) is 0 Å². The second-order valence-electron chi connectivity index (χ2n) is 8.34. The smallest absolute Gasteiger partial charge is 0.416 e. The van der Waals surface area contributed by atoms with E-state index in [-0.39, 0.29) is 40.7 Å². The summed E-state index contributed by atoms with van der Waals surface area (Å²) in [5.41, 5.74) is 0.263. The molecule has 0 unspecified atom stereocenters. The van der Waals surface area contributed by atoms with Gasteiger partial charge in [-0.15, -0.1) is 0 Å². The summed E-state index contributed by atoms with van der Waals surface area (Å²) in [6, 6.07) is 14.6. The van der Waals surface area contributed by atoms with E-state index >= 15 is 0 Å². The van der Waals surface area contributed by atoms with Crippen molar-refractivity contribution in [2.24, 2.45) is 0 Å². The van der Waals surface area contributed by atoms with Gasteiger partial charge >= 0.3 is 6.18 Å². The van der Waals surface area contributed by atoms with Crippen LogP contribution in [0, 0.1) is 0 Å². The molecule has 1 heterocycles. The number of nitrogens with zero attached hydrogens (tertiary/aromatic N) is 2. The number of aromatic nitrogens is 2. The van der Waals surface area contributed by atoms with Crippen LogP contribution in [0.25, 0.3) is 10.9 Å². The van der Waals surface area contributed by atoms with Crippen LogP contribution in [0.2, 0.25) is 5.02 Å². The van der Waals surface area contributed by atoms with Gasteiger partial charge in [-0.2, -0.15) is 13.2 Å². The van der Waals surface area contributed by atoms with E-state index in [1.54, 1.807) is 30.3 Å². The lowest BCUT2D eigenvalue weighted by atomic mass is 10.1. The maximum absolute atomic E-state index is 13.6. The number of hydrogen-bond donors (Lipinski definition) is 1. The van der Waals surface area contributed by atoms with Gasteiger partial charge in [-0.05, 0) is 42.3 Å². The lowest BCUT2D eigenvalue weighted by Gasteiger charge is -2.15. The normalized spacial score (nSPS) is 11.4. The number of nitrogens with one attached hydrogen (secondary N) is 1. The molecule has 204 valence electrons. The molecule has 0 radical (unpaired) electrons. The minimum atomic E-state index is -4.44. The topological polar surface area (TPSA) is 82.5 Å². The molecule has 1 N–H and O–H groups in total. The number of amides is 1. The zero-order valence-electron chi connectivity index (χ0n) is 20.8. The summed E-state index contributed by atoms with van der Waals surface area (Å²) in [7, 11) is 2.91. The summed E-state index contributed by atoms with van der Waals surface area (Å²) in [5.74, 6) is 0.296. The molecule has 0 atom stereocenters. The Labute approximate surface area is 230 Å². The molecule has 3 aromatic carbocycles. The molecule has 0 saturated heterocycles. The fourth-order valence-corrected chi connectivity index (χ4v) is 4.82. The van der Waals surface area contributed by atoms with Crippen molar-refractivity contribution < 1.29 is 27.4 Å². The van der Waals surface area contributed by atoms with Crippen molar-refractivity contribution in [1.82, 2.24) is 9.55 Å². The molecule has 0 fully saturated rings. The van der Waals surface area contributed by atoms with Crippen molar-refractivity contribution in [3.8, 4) is 11.5 Å². The van der Waals surface area contributed by atoms with Crippen LogP contribution in [0.3, 0.4) is 0 Å². The molecule has 4 aromatic rings. The van der Waals surface area contributed by atoms with Gasteiger partial charge in [0.15, 0.2) is 16.7 Å². The van der Waals surface area contributed by atoms with E-state index < -0.39 is 11.7 Å². The van der Waals surface area contributed by atoms with Crippen molar-refractivity contribution in [2.45, 2.75) is 24.3 Å². The number of benzene rings is 3. The molecule has 12 heteroatoms. The van der Waals surface area contributed by atoms with E-state index in [0.29, 0.717) is 33.3 Å². The number of carbonyl (C=O) groups excluding carboxylic acids is 1. The zero-order chi connectivity index (χ0) is 28.2. The number of carbonyl (C=O) groups is 1. The second kappa shape index (κ2) is 12.0. The van der Waals surface area contributed by atoms with Gasteiger partial charge in [0.1, 0.15) is 0 Å². The monoisotopic (exact) mass is 577 g/mol. The molecule has 0 aliphatic heterocycles. The van der Waals surface area contributed by atoms with Crippen LogP contribution in [-0.4, -0.2) is 35.4 Å². The lowest BCUT2D eigenvalue weighted by molar-refractivity contribution is -0.137. The molecule has 7 nitrogen and oxygen atoms in total. The molecular weight excluding hydrogens is 555 g/mol. The molecule has 1 aromatic heterocycles. The predicted octanol–water partition coefficient (Wildman–Crippen LogP) is 6.06. The highest BCUT2D eigenvalue weighted by molar-refractivity contribution is 7.99. The minimum Gasteiger partial charge on any atom is -0.493 e. The first-order valence-corrected chi connectivity index (χ1v) is 13.0. The Morgan fingerprint density at radius 3 is 2.36 bits per heavy atom. The van der Waals surface area contributed by atoms with Gasteiger partial charge in [0.25, 0.3) is 5.56 Å². The van der Waals surface area contributed by atoms with Crippen molar-refractivity contribution in [3.63, 3.8) is 0 Å². The van der Waals surface area contributed by atoms with Crippen LogP contribution in [-0.2, 0) is 23.9 Å². The Morgan fingerprint density at radius 1 is 1.05 bits per heavy atom. The van der Waals surface area contributed by atoms with Crippen molar-refractivity contribution in [2.75, 3.05) is 25.3 Å². The number of hydrogen-bond acceptors (Lipinski definition) is 6. The SMILES string of the molecule is COc1cc2nc(SCC(=O)Nc3ccccc3Cl)n(CCc3ccc(C(F)(F)F)cc3)c(=O)c2cc1OC. The summed E-state index contributed by atoms with van der Waals surface area (Å²) in [6.07, 6.45) is -4.18. The largest absolute Gasteiger partial charge is 0.493 e. The summed E-state index contributed by atoms with van der Waals surface area (Å²) < 4.78 is 50.9. The van der Waals surface area contributed by atoms with Gasteiger partial charge in [0, 0.05) is 12.6 Å². The van der Waals surface area contributed by atoms with E-state index in [1.807, 2.05) is 0 Å². The number of aryl methyl sites for hydroxylation is 1. The highest BCUT2D eigenvalue weighted by Crippen LogP contribution is 2.32. The highest BCUT2D eigenvalue weighted by Gasteiger charge is 2.30. The highest BCUT2D eigenvalue weighted by atomic mass is 35.5. The molecular formula is C27H23ClF3N3O4S. The number of para-hydroxylation sites is 1. The third-order valence-electron chi connectivity index (χ3n) is 5.81. The quantitative estimate of drug-likeness (QED) is 0.192. The van der Waals surface area contributed by atoms with E-state index in [0.717, 1.165) is 23.9 Å². The number of halogens is 4. The molecule has 1 amide bonds. The molecule has 0 aliphatic rings. The zero-order valence-corrected chi connectivity index (χ0v) is 22.4. The lowest BCUT2D eigenvalue weighted by Crippen LogP contribution is -2.25. The summed E-state index contributed by atoms with van der Waals surface area (Å²) in [5, 5.41) is 3.64. The molecule has 0 aliphatic carbocycles. The van der Waals surface area contributed by atoms with Crippen LogP contribution < -0.4 is 20.3 Å². The fraction of sp³-hybridized carbons (Fsp3) is 0.222.